The van der Waals surface area contributed by atoms with Crippen molar-refractivity contribution in [2.75, 3.05) is 0 Å². The van der Waals surface area contributed by atoms with Crippen LogP contribution in [0.3, 0.4) is 0 Å². The maximum atomic E-state index is 13.1. The summed E-state index contributed by atoms with van der Waals surface area (Å²) in [4.78, 5) is 0. The van der Waals surface area contributed by atoms with Gasteiger partial charge in [0.15, 0.2) is 0 Å². The number of rotatable bonds is 1. The van der Waals surface area contributed by atoms with E-state index in [1.165, 1.54) is 18.2 Å². The van der Waals surface area contributed by atoms with Gasteiger partial charge in [-0.05, 0) is 37.0 Å². The Bertz CT molecular complexity index is 429. The van der Waals surface area contributed by atoms with Gasteiger partial charge < -0.3 is 5.73 Å². The molecule has 0 saturated heterocycles. The second-order valence-corrected chi connectivity index (χ2v) is 5.00. The molecule has 5 heteroatoms. The van der Waals surface area contributed by atoms with Gasteiger partial charge in [0.2, 0.25) is 0 Å². The van der Waals surface area contributed by atoms with Gasteiger partial charge >= 0.3 is 6.18 Å². The molecular formula is C13H15F4N. The van der Waals surface area contributed by atoms with Gasteiger partial charge in [-0.2, -0.15) is 13.2 Å². The first-order valence-corrected chi connectivity index (χ1v) is 5.93. The number of benzene rings is 1. The quantitative estimate of drug-likeness (QED) is 0.766. The topological polar surface area (TPSA) is 26.0 Å². The molecule has 2 unspecified atom stereocenters. The molecule has 1 aromatic rings. The fraction of sp³-hybridized carbons (Fsp3) is 0.538. The van der Waals surface area contributed by atoms with Crippen LogP contribution in [0.2, 0.25) is 0 Å². The molecule has 2 atom stereocenters. The van der Waals surface area contributed by atoms with Gasteiger partial charge in [0.05, 0.1) is 5.92 Å². The molecule has 0 radical (unpaired) electrons. The maximum absolute atomic E-state index is 13.1. The van der Waals surface area contributed by atoms with Gasteiger partial charge in [-0.1, -0.05) is 18.6 Å². The van der Waals surface area contributed by atoms with Crippen LogP contribution in [0, 0.1) is 11.7 Å². The summed E-state index contributed by atoms with van der Waals surface area (Å²) in [6, 6.07) is 5.58. The fourth-order valence-electron chi connectivity index (χ4n) is 2.65. The Kier molecular flexibility index (Phi) is 3.36. The zero-order valence-electron chi connectivity index (χ0n) is 9.80. The Balaban J connectivity index is 2.25. The zero-order chi connectivity index (χ0) is 13.4. The van der Waals surface area contributed by atoms with Crippen molar-refractivity contribution in [2.24, 2.45) is 11.7 Å². The SMILES string of the molecule is NC1(c2cccc(F)c2)CCCC(C(F)(F)F)C1. The van der Waals surface area contributed by atoms with Crippen LogP contribution >= 0.6 is 0 Å². The summed E-state index contributed by atoms with van der Waals surface area (Å²) in [6.45, 7) is 0. The summed E-state index contributed by atoms with van der Waals surface area (Å²) in [6.07, 6.45) is -3.41. The van der Waals surface area contributed by atoms with Crippen LogP contribution in [0.4, 0.5) is 17.6 Å². The van der Waals surface area contributed by atoms with E-state index in [0.717, 1.165) is 0 Å². The molecule has 0 aromatic heterocycles. The monoisotopic (exact) mass is 261 g/mol. The van der Waals surface area contributed by atoms with Crippen LogP contribution < -0.4 is 5.73 Å². The molecule has 18 heavy (non-hydrogen) atoms. The molecule has 2 N–H and O–H groups in total. The summed E-state index contributed by atoms with van der Waals surface area (Å²) in [5, 5.41) is 0. The molecular weight excluding hydrogens is 246 g/mol. The van der Waals surface area contributed by atoms with E-state index in [4.69, 9.17) is 5.73 Å². The number of hydrogen-bond donors (Lipinski definition) is 1. The van der Waals surface area contributed by atoms with E-state index < -0.39 is 23.5 Å². The van der Waals surface area contributed by atoms with E-state index in [2.05, 4.69) is 0 Å². The molecule has 1 aliphatic rings. The first kappa shape index (κ1) is 13.3. The number of halogens is 4. The molecule has 0 spiro atoms. The molecule has 0 amide bonds. The third-order valence-electron chi connectivity index (χ3n) is 3.65. The van der Waals surface area contributed by atoms with Crippen molar-refractivity contribution in [2.45, 2.75) is 37.4 Å². The fourth-order valence-corrected chi connectivity index (χ4v) is 2.65. The first-order valence-electron chi connectivity index (χ1n) is 5.93. The molecule has 1 nitrogen and oxygen atoms in total. The van der Waals surface area contributed by atoms with Crippen LogP contribution in [0.5, 0.6) is 0 Å². The highest BCUT2D eigenvalue weighted by Gasteiger charge is 2.46. The lowest BCUT2D eigenvalue weighted by atomic mass is 9.72. The molecule has 1 aliphatic carbocycles. The van der Waals surface area contributed by atoms with Crippen LogP contribution in [0.25, 0.3) is 0 Å². The second kappa shape index (κ2) is 4.53. The minimum atomic E-state index is -4.22. The van der Waals surface area contributed by atoms with E-state index in [9.17, 15) is 17.6 Å². The minimum Gasteiger partial charge on any atom is -0.321 e. The van der Waals surface area contributed by atoms with E-state index in [0.29, 0.717) is 18.4 Å². The highest BCUT2D eigenvalue weighted by molar-refractivity contribution is 5.25. The molecule has 1 saturated carbocycles. The lowest BCUT2D eigenvalue weighted by Gasteiger charge is -2.39. The van der Waals surface area contributed by atoms with E-state index in [1.54, 1.807) is 6.07 Å². The summed E-state index contributed by atoms with van der Waals surface area (Å²) in [5.41, 5.74) is 5.46. The van der Waals surface area contributed by atoms with E-state index >= 15 is 0 Å². The summed E-state index contributed by atoms with van der Waals surface area (Å²) < 4.78 is 51.4. The normalized spacial score (nSPS) is 29.3. The number of hydrogen-bond acceptors (Lipinski definition) is 1. The molecule has 0 bridgehead atoms. The Hall–Kier alpha value is -1.10. The lowest BCUT2D eigenvalue weighted by molar-refractivity contribution is -0.187. The standard InChI is InChI=1S/C13H15F4N/c14-11-5-1-3-9(7-11)12(18)6-2-4-10(8-12)13(15,16)17/h1,3,5,7,10H,2,4,6,8,18H2. The molecule has 1 fully saturated rings. The summed E-state index contributed by atoms with van der Waals surface area (Å²) in [5.74, 6) is -1.86. The molecule has 100 valence electrons. The highest BCUT2D eigenvalue weighted by Crippen LogP contribution is 2.44. The second-order valence-electron chi connectivity index (χ2n) is 5.00. The smallest absolute Gasteiger partial charge is 0.321 e. The van der Waals surface area contributed by atoms with Crippen molar-refractivity contribution in [1.29, 1.82) is 0 Å². The lowest BCUT2D eigenvalue weighted by Crippen LogP contribution is -2.44. The minimum absolute atomic E-state index is 0.109. The van der Waals surface area contributed by atoms with Gasteiger partial charge in [0, 0.05) is 5.54 Å². The van der Waals surface area contributed by atoms with Crippen molar-refractivity contribution in [3.05, 3.63) is 35.6 Å². The third-order valence-corrected chi connectivity index (χ3v) is 3.65. The molecule has 0 aliphatic heterocycles. The largest absolute Gasteiger partial charge is 0.391 e. The van der Waals surface area contributed by atoms with E-state index in [-0.39, 0.29) is 12.8 Å². The Morgan fingerprint density at radius 1 is 1.28 bits per heavy atom. The van der Waals surface area contributed by atoms with Crippen molar-refractivity contribution in [3.8, 4) is 0 Å². The van der Waals surface area contributed by atoms with Crippen LogP contribution in [0.15, 0.2) is 24.3 Å². The van der Waals surface area contributed by atoms with E-state index in [1.807, 2.05) is 0 Å². The molecule has 0 heterocycles. The summed E-state index contributed by atoms with van der Waals surface area (Å²) in [7, 11) is 0. The third kappa shape index (κ3) is 2.66. The van der Waals surface area contributed by atoms with Gasteiger partial charge in [0.1, 0.15) is 5.82 Å². The average Bonchev–Trinajstić information content (AvgIpc) is 2.28. The van der Waals surface area contributed by atoms with Gasteiger partial charge in [-0.3, -0.25) is 0 Å². The predicted molar refractivity (Wildman–Crippen MR) is 60.3 cm³/mol. The molecule has 2 rings (SSSR count). The molecule has 1 aromatic carbocycles. The van der Waals surface area contributed by atoms with Crippen LogP contribution in [-0.2, 0) is 5.54 Å². The number of alkyl halides is 3. The van der Waals surface area contributed by atoms with Crippen LogP contribution in [0.1, 0.15) is 31.2 Å². The maximum Gasteiger partial charge on any atom is 0.391 e. The Labute approximate surface area is 103 Å². The predicted octanol–water partition coefficient (Wildman–Crippen LogP) is 3.73. The summed E-state index contributed by atoms with van der Waals surface area (Å²) >= 11 is 0. The number of nitrogens with two attached hydrogens (primary N) is 1. The van der Waals surface area contributed by atoms with Crippen molar-refractivity contribution in [3.63, 3.8) is 0 Å². The Morgan fingerprint density at radius 2 is 2.00 bits per heavy atom. The van der Waals surface area contributed by atoms with Crippen molar-refractivity contribution >= 4 is 0 Å². The highest BCUT2D eigenvalue weighted by atomic mass is 19.4. The van der Waals surface area contributed by atoms with Crippen molar-refractivity contribution < 1.29 is 17.6 Å². The van der Waals surface area contributed by atoms with Gasteiger partial charge in [0.25, 0.3) is 0 Å². The zero-order valence-corrected chi connectivity index (χ0v) is 9.80. The van der Waals surface area contributed by atoms with Gasteiger partial charge in [-0.15, -0.1) is 0 Å². The van der Waals surface area contributed by atoms with Crippen molar-refractivity contribution in [1.82, 2.24) is 0 Å². The first-order chi connectivity index (χ1) is 8.31. The van der Waals surface area contributed by atoms with Crippen LogP contribution in [-0.4, -0.2) is 6.18 Å². The average molecular weight is 261 g/mol. The van der Waals surface area contributed by atoms with Gasteiger partial charge in [-0.25, -0.2) is 4.39 Å². The Morgan fingerprint density at radius 3 is 2.61 bits per heavy atom.